The van der Waals surface area contributed by atoms with E-state index in [9.17, 15) is 14.9 Å². The summed E-state index contributed by atoms with van der Waals surface area (Å²) in [4.78, 5) is 31.6. The highest BCUT2D eigenvalue weighted by molar-refractivity contribution is 7.14. The Hall–Kier alpha value is -2.78. The molecule has 0 radical (unpaired) electrons. The number of nitro benzene ring substituents is 1. The van der Waals surface area contributed by atoms with Crippen molar-refractivity contribution in [2.75, 3.05) is 31.1 Å². The van der Waals surface area contributed by atoms with Crippen LogP contribution in [0.5, 0.6) is 0 Å². The molecule has 0 bridgehead atoms. The van der Waals surface area contributed by atoms with Crippen molar-refractivity contribution in [3.63, 3.8) is 0 Å². The summed E-state index contributed by atoms with van der Waals surface area (Å²) in [6, 6.07) is 8.58. The molecule has 0 atom stereocenters. The average molecular weight is 415 g/mol. The van der Waals surface area contributed by atoms with Gasteiger partial charge in [0.1, 0.15) is 5.01 Å². The minimum absolute atomic E-state index is 0.0858. The third-order valence-electron chi connectivity index (χ3n) is 4.71. The molecule has 1 aromatic carbocycles. The van der Waals surface area contributed by atoms with Crippen LogP contribution >= 0.6 is 22.7 Å². The van der Waals surface area contributed by atoms with Crippen molar-refractivity contribution >= 4 is 40.0 Å². The van der Waals surface area contributed by atoms with Crippen LogP contribution in [0.25, 0.3) is 10.6 Å². The van der Waals surface area contributed by atoms with Gasteiger partial charge in [-0.05, 0) is 23.6 Å². The lowest BCUT2D eigenvalue weighted by Crippen LogP contribution is -2.49. The summed E-state index contributed by atoms with van der Waals surface area (Å²) in [5.74, 6) is 0.0884. The first-order valence-electron chi connectivity index (χ1n) is 8.84. The quantitative estimate of drug-likeness (QED) is 0.470. The molecule has 1 saturated heterocycles. The summed E-state index contributed by atoms with van der Waals surface area (Å²) in [6.45, 7) is 2.69. The van der Waals surface area contributed by atoms with Gasteiger partial charge in [-0.1, -0.05) is 0 Å². The molecular weight excluding hydrogens is 396 g/mol. The van der Waals surface area contributed by atoms with Crippen LogP contribution in [0.1, 0.15) is 5.69 Å². The minimum atomic E-state index is -0.400. The summed E-state index contributed by atoms with van der Waals surface area (Å²) >= 11 is 3.20. The van der Waals surface area contributed by atoms with Crippen molar-refractivity contribution in [2.45, 2.75) is 6.42 Å². The molecule has 2 aromatic heterocycles. The Balaban J connectivity index is 1.32. The number of nitrogens with zero attached hydrogens (tertiary/aromatic N) is 4. The number of non-ortho nitro benzene ring substituents is 1. The second-order valence-corrected chi connectivity index (χ2v) is 8.11. The number of hydrogen-bond donors (Lipinski definition) is 0. The monoisotopic (exact) mass is 414 g/mol. The van der Waals surface area contributed by atoms with E-state index in [1.165, 1.54) is 12.1 Å². The highest BCUT2D eigenvalue weighted by Gasteiger charge is 2.22. The van der Waals surface area contributed by atoms with Gasteiger partial charge in [0, 0.05) is 60.3 Å². The summed E-state index contributed by atoms with van der Waals surface area (Å²) in [6.07, 6.45) is 0.318. The third-order valence-corrected chi connectivity index (χ3v) is 6.33. The number of benzene rings is 1. The number of piperazine rings is 1. The van der Waals surface area contributed by atoms with E-state index in [0.29, 0.717) is 32.6 Å². The molecule has 3 heterocycles. The molecular formula is C19H18N4O3S2. The van der Waals surface area contributed by atoms with Gasteiger partial charge in [-0.3, -0.25) is 14.9 Å². The fraction of sp³-hybridized carbons (Fsp3) is 0.263. The molecule has 0 aliphatic carbocycles. The molecule has 4 rings (SSSR count). The van der Waals surface area contributed by atoms with Crippen LogP contribution < -0.4 is 4.90 Å². The maximum atomic E-state index is 12.6. The van der Waals surface area contributed by atoms with Crippen molar-refractivity contribution in [3.05, 3.63) is 62.3 Å². The van der Waals surface area contributed by atoms with Crippen molar-refractivity contribution in [1.82, 2.24) is 9.88 Å². The van der Waals surface area contributed by atoms with Crippen LogP contribution in [0, 0.1) is 10.1 Å². The van der Waals surface area contributed by atoms with E-state index in [-0.39, 0.29) is 11.6 Å². The molecule has 7 nitrogen and oxygen atoms in total. The van der Waals surface area contributed by atoms with Gasteiger partial charge < -0.3 is 9.80 Å². The van der Waals surface area contributed by atoms with E-state index in [4.69, 9.17) is 0 Å². The zero-order valence-corrected chi connectivity index (χ0v) is 16.6. The number of thiophene rings is 1. The summed E-state index contributed by atoms with van der Waals surface area (Å²) < 4.78 is 0. The van der Waals surface area contributed by atoms with E-state index in [2.05, 4.69) is 15.3 Å². The minimum Gasteiger partial charge on any atom is -0.368 e. The Labute approximate surface area is 170 Å². The predicted octanol–water partition coefficient (Wildman–Crippen LogP) is 3.67. The van der Waals surface area contributed by atoms with Crippen molar-refractivity contribution in [3.8, 4) is 10.6 Å². The van der Waals surface area contributed by atoms with E-state index >= 15 is 0 Å². The number of thiazole rings is 1. The number of anilines is 1. The van der Waals surface area contributed by atoms with E-state index in [1.807, 2.05) is 21.7 Å². The van der Waals surface area contributed by atoms with Crippen LogP contribution in [0.4, 0.5) is 11.4 Å². The van der Waals surface area contributed by atoms with Gasteiger partial charge in [0.2, 0.25) is 5.91 Å². The molecule has 0 spiro atoms. The Bertz CT molecular complexity index is 961. The number of carbonyl (C=O) groups excluding carboxylic acids is 1. The largest absolute Gasteiger partial charge is 0.368 e. The zero-order chi connectivity index (χ0) is 19.5. The number of nitro groups is 1. The third kappa shape index (κ3) is 4.05. The van der Waals surface area contributed by atoms with Crippen LogP contribution in [0.3, 0.4) is 0 Å². The molecule has 0 saturated carbocycles. The highest BCUT2D eigenvalue weighted by Crippen LogP contribution is 2.26. The van der Waals surface area contributed by atoms with Crippen molar-refractivity contribution in [2.24, 2.45) is 0 Å². The summed E-state index contributed by atoms with van der Waals surface area (Å²) in [5, 5.41) is 17.8. The zero-order valence-electron chi connectivity index (χ0n) is 15.0. The maximum Gasteiger partial charge on any atom is 0.269 e. The van der Waals surface area contributed by atoms with Crippen molar-refractivity contribution in [1.29, 1.82) is 0 Å². The van der Waals surface area contributed by atoms with E-state index in [1.54, 1.807) is 34.8 Å². The number of carbonyl (C=O) groups is 1. The van der Waals surface area contributed by atoms with Gasteiger partial charge in [-0.2, -0.15) is 11.3 Å². The molecule has 3 aromatic rings. The standard InChI is InChI=1S/C19H18N4O3S2/c24-18(11-15-13-28-19(20-15)14-5-10-27-12-14)22-8-6-21(7-9-22)16-1-3-17(4-2-16)23(25)26/h1-5,10,12-13H,6-9,11H2. The van der Waals surface area contributed by atoms with Gasteiger partial charge in [0.05, 0.1) is 17.0 Å². The van der Waals surface area contributed by atoms with Crippen LogP contribution in [0.2, 0.25) is 0 Å². The maximum absolute atomic E-state index is 12.6. The number of rotatable bonds is 5. The van der Waals surface area contributed by atoms with Gasteiger partial charge in [-0.25, -0.2) is 4.98 Å². The SMILES string of the molecule is O=C(Cc1csc(-c2ccsc2)n1)N1CCN(c2ccc([N+](=O)[O-])cc2)CC1. The molecule has 1 aliphatic rings. The Kier molecular flexibility index (Phi) is 5.36. The molecule has 1 amide bonds. The molecule has 1 fully saturated rings. The topological polar surface area (TPSA) is 79.6 Å². The Morgan fingerprint density at radius 2 is 1.86 bits per heavy atom. The lowest BCUT2D eigenvalue weighted by molar-refractivity contribution is -0.384. The normalized spacial score (nSPS) is 14.3. The van der Waals surface area contributed by atoms with Gasteiger partial charge in [-0.15, -0.1) is 11.3 Å². The lowest BCUT2D eigenvalue weighted by Gasteiger charge is -2.36. The van der Waals surface area contributed by atoms with Crippen LogP contribution in [-0.2, 0) is 11.2 Å². The first kappa shape index (κ1) is 18.6. The molecule has 0 N–H and O–H groups in total. The molecule has 9 heteroatoms. The Morgan fingerprint density at radius 3 is 2.50 bits per heavy atom. The first-order valence-corrected chi connectivity index (χ1v) is 10.7. The van der Waals surface area contributed by atoms with Crippen LogP contribution in [-0.4, -0.2) is 46.9 Å². The highest BCUT2D eigenvalue weighted by atomic mass is 32.1. The van der Waals surface area contributed by atoms with E-state index < -0.39 is 4.92 Å². The fourth-order valence-electron chi connectivity index (χ4n) is 3.17. The number of amides is 1. The van der Waals surface area contributed by atoms with Gasteiger partial charge in [0.15, 0.2) is 0 Å². The molecule has 0 unspecified atom stereocenters. The second kappa shape index (κ2) is 8.07. The Morgan fingerprint density at radius 1 is 1.11 bits per heavy atom. The second-order valence-electron chi connectivity index (χ2n) is 6.47. The van der Waals surface area contributed by atoms with Gasteiger partial charge in [0.25, 0.3) is 5.69 Å². The molecule has 144 valence electrons. The first-order chi connectivity index (χ1) is 13.6. The summed E-state index contributed by atoms with van der Waals surface area (Å²) in [7, 11) is 0. The number of aromatic nitrogens is 1. The predicted molar refractivity (Wildman–Crippen MR) is 111 cm³/mol. The number of hydrogen-bond acceptors (Lipinski definition) is 7. The molecule has 1 aliphatic heterocycles. The van der Waals surface area contributed by atoms with Crippen molar-refractivity contribution < 1.29 is 9.72 Å². The van der Waals surface area contributed by atoms with Crippen LogP contribution in [0.15, 0.2) is 46.5 Å². The lowest BCUT2D eigenvalue weighted by atomic mass is 10.2. The molecule has 28 heavy (non-hydrogen) atoms. The fourth-order valence-corrected chi connectivity index (χ4v) is 4.70. The smallest absolute Gasteiger partial charge is 0.269 e. The summed E-state index contributed by atoms with van der Waals surface area (Å²) in [5.41, 5.74) is 2.94. The van der Waals surface area contributed by atoms with E-state index in [0.717, 1.165) is 22.0 Å². The average Bonchev–Trinajstić information content (AvgIpc) is 3.40. The van der Waals surface area contributed by atoms with Gasteiger partial charge >= 0.3 is 0 Å².